The summed E-state index contributed by atoms with van der Waals surface area (Å²) in [6.07, 6.45) is 1.83. The molecule has 0 amide bonds. The number of nitrogens with zero attached hydrogens (tertiary/aromatic N) is 2. The summed E-state index contributed by atoms with van der Waals surface area (Å²) in [7, 11) is 0. The van der Waals surface area contributed by atoms with Crippen LogP contribution in [0.3, 0.4) is 0 Å². The summed E-state index contributed by atoms with van der Waals surface area (Å²) < 4.78 is 11.8. The number of rotatable bonds is 11. The van der Waals surface area contributed by atoms with E-state index < -0.39 is 0 Å². The molecule has 0 unspecified atom stereocenters. The minimum atomic E-state index is 0.519. The number of benzene rings is 3. The lowest BCUT2D eigenvalue weighted by Gasteiger charge is -2.25. The normalized spacial score (nSPS) is 11.0. The zero-order chi connectivity index (χ0) is 24.5. The van der Waals surface area contributed by atoms with Crippen molar-refractivity contribution in [3.63, 3.8) is 0 Å². The van der Waals surface area contributed by atoms with Crippen LogP contribution in [0.5, 0.6) is 11.5 Å². The summed E-state index contributed by atoms with van der Waals surface area (Å²) in [6, 6.07) is 28.8. The Balaban J connectivity index is 1.67. The van der Waals surface area contributed by atoms with Gasteiger partial charge in [-0.1, -0.05) is 78.3 Å². The molecule has 0 aliphatic heterocycles. The van der Waals surface area contributed by atoms with E-state index in [2.05, 4.69) is 52.3 Å². The van der Waals surface area contributed by atoms with Gasteiger partial charge in [-0.25, -0.2) is 4.98 Å². The van der Waals surface area contributed by atoms with Crippen LogP contribution in [0, 0.1) is 0 Å². The molecule has 0 N–H and O–H groups in total. The summed E-state index contributed by atoms with van der Waals surface area (Å²) in [6.45, 7) is 7.29. The molecule has 3 aromatic carbocycles. The zero-order valence-corrected chi connectivity index (χ0v) is 21.0. The molecule has 0 aliphatic carbocycles. The van der Waals surface area contributed by atoms with E-state index in [9.17, 15) is 0 Å². The van der Waals surface area contributed by atoms with Crippen LogP contribution >= 0.6 is 11.6 Å². The first-order valence-corrected chi connectivity index (χ1v) is 12.4. The third-order valence-electron chi connectivity index (χ3n) is 5.75. The molecule has 0 saturated heterocycles. The number of aromatic nitrogens is 1. The maximum Gasteiger partial charge on any atom is 0.133 e. The van der Waals surface area contributed by atoms with E-state index in [1.165, 1.54) is 0 Å². The van der Waals surface area contributed by atoms with Crippen molar-refractivity contribution in [2.24, 2.45) is 0 Å². The average molecular weight is 487 g/mol. The maximum absolute atomic E-state index is 6.61. The first-order valence-electron chi connectivity index (χ1n) is 12.0. The summed E-state index contributed by atoms with van der Waals surface area (Å²) in [5.41, 5.74) is 5.41. The second-order valence-electron chi connectivity index (χ2n) is 8.27. The molecule has 180 valence electrons. The van der Waals surface area contributed by atoms with E-state index in [1.54, 1.807) is 0 Å². The Morgan fingerprint density at radius 3 is 1.74 bits per heavy atom. The molecule has 0 saturated carbocycles. The third kappa shape index (κ3) is 6.62. The van der Waals surface area contributed by atoms with Crippen molar-refractivity contribution >= 4 is 11.6 Å². The Kier molecular flexibility index (Phi) is 8.77. The predicted molar refractivity (Wildman–Crippen MR) is 143 cm³/mol. The number of ether oxygens (including phenoxy) is 2. The van der Waals surface area contributed by atoms with Crippen LogP contribution in [0.25, 0.3) is 11.1 Å². The third-order valence-corrected chi connectivity index (χ3v) is 6.09. The lowest BCUT2D eigenvalue weighted by Crippen LogP contribution is -2.23. The molecule has 1 heterocycles. The Hall–Kier alpha value is -3.34. The Morgan fingerprint density at radius 2 is 1.17 bits per heavy atom. The Bertz CT molecular complexity index is 1180. The van der Waals surface area contributed by atoms with Crippen molar-refractivity contribution in [2.75, 3.05) is 13.2 Å². The van der Waals surface area contributed by atoms with Gasteiger partial charge in [-0.15, -0.1) is 0 Å². The lowest BCUT2D eigenvalue weighted by atomic mass is 10.1. The molecule has 0 atom stereocenters. The first-order chi connectivity index (χ1) is 17.2. The van der Waals surface area contributed by atoms with Crippen LogP contribution in [0.1, 0.15) is 30.5 Å². The number of hydrogen-bond acceptors (Lipinski definition) is 4. The standard InChI is InChI=1S/C30H31ClN2O2/c1-3-34-28-16-10-8-14-24(28)20-33(21-25-15-9-11-17-29(25)35-4-2)22-27-18-26(19-32-30(27)31)23-12-6-5-7-13-23/h5-19H,3-4,20-22H2,1-2H3. The molecular weight excluding hydrogens is 456 g/mol. The highest BCUT2D eigenvalue weighted by atomic mass is 35.5. The van der Waals surface area contributed by atoms with Crippen LogP contribution in [0.2, 0.25) is 5.15 Å². The topological polar surface area (TPSA) is 34.6 Å². The molecule has 4 aromatic rings. The zero-order valence-electron chi connectivity index (χ0n) is 20.3. The maximum atomic E-state index is 6.61. The van der Waals surface area contributed by atoms with Gasteiger partial charge >= 0.3 is 0 Å². The van der Waals surface area contributed by atoms with Crippen molar-refractivity contribution in [1.82, 2.24) is 9.88 Å². The molecule has 35 heavy (non-hydrogen) atoms. The summed E-state index contributed by atoms with van der Waals surface area (Å²) in [4.78, 5) is 6.86. The van der Waals surface area contributed by atoms with Crippen LogP contribution in [0.4, 0.5) is 0 Å². The molecule has 0 spiro atoms. The summed E-state index contributed by atoms with van der Waals surface area (Å²) >= 11 is 6.61. The monoisotopic (exact) mass is 486 g/mol. The lowest BCUT2D eigenvalue weighted by molar-refractivity contribution is 0.235. The van der Waals surface area contributed by atoms with E-state index in [0.717, 1.165) is 39.3 Å². The number of hydrogen-bond donors (Lipinski definition) is 0. The first kappa shape index (κ1) is 24.8. The molecular formula is C30H31ClN2O2. The van der Waals surface area contributed by atoms with E-state index >= 15 is 0 Å². The molecule has 4 nitrogen and oxygen atoms in total. The average Bonchev–Trinajstić information content (AvgIpc) is 2.88. The summed E-state index contributed by atoms with van der Waals surface area (Å²) in [5, 5.41) is 0.519. The smallest absolute Gasteiger partial charge is 0.133 e. The fourth-order valence-corrected chi connectivity index (χ4v) is 4.31. The van der Waals surface area contributed by atoms with Gasteiger partial charge in [0.05, 0.1) is 13.2 Å². The second kappa shape index (κ2) is 12.4. The molecule has 1 aromatic heterocycles. The van der Waals surface area contributed by atoms with Gasteiger partial charge in [0.1, 0.15) is 16.7 Å². The molecule has 0 radical (unpaired) electrons. The van der Waals surface area contributed by atoms with Crippen molar-refractivity contribution < 1.29 is 9.47 Å². The van der Waals surface area contributed by atoms with Gasteiger partial charge in [-0.3, -0.25) is 4.90 Å². The van der Waals surface area contributed by atoms with Crippen LogP contribution in [-0.4, -0.2) is 23.1 Å². The van der Waals surface area contributed by atoms with Crippen LogP contribution < -0.4 is 9.47 Å². The fourth-order valence-electron chi connectivity index (χ4n) is 4.14. The Morgan fingerprint density at radius 1 is 0.657 bits per heavy atom. The van der Waals surface area contributed by atoms with Gasteiger partial charge in [0.2, 0.25) is 0 Å². The minimum absolute atomic E-state index is 0.519. The van der Waals surface area contributed by atoms with Crippen molar-refractivity contribution in [3.05, 3.63) is 113 Å². The largest absolute Gasteiger partial charge is 0.494 e. The van der Waals surface area contributed by atoms with Crippen LogP contribution in [0.15, 0.2) is 91.1 Å². The van der Waals surface area contributed by atoms with E-state index in [1.807, 2.05) is 62.5 Å². The highest BCUT2D eigenvalue weighted by Crippen LogP contribution is 2.28. The predicted octanol–water partition coefficient (Wildman–Crippen LogP) is 7.40. The van der Waals surface area contributed by atoms with Gasteiger partial charge in [-0.2, -0.15) is 0 Å². The highest BCUT2D eigenvalue weighted by molar-refractivity contribution is 6.30. The van der Waals surface area contributed by atoms with Gasteiger partial charge < -0.3 is 9.47 Å². The van der Waals surface area contributed by atoms with Crippen molar-refractivity contribution in [3.8, 4) is 22.6 Å². The van der Waals surface area contributed by atoms with E-state index in [4.69, 9.17) is 21.1 Å². The van der Waals surface area contributed by atoms with Crippen molar-refractivity contribution in [2.45, 2.75) is 33.5 Å². The van der Waals surface area contributed by atoms with E-state index in [-0.39, 0.29) is 0 Å². The van der Waals surface area contributed by atoms with Gasteiger partial charge in [-0.05, 0) is 37.6 Å². The van der Waals surface area contributed by atoms with E-state index in [0.29, 0.717) is 38.0 Å². The molecule has 0 aliphatic rings. The molecule has 5 heteroatoms. The SMILES string of the molecule is CCOc1ccccc1CN(Cc1ccccc1OCC)Cc1cc(-c2ccccc2)cnc1Cl. The molecule has 0 fully saturated rings. The highest BCUT2D eigenvalue weighted by Gasteiger charge is 2.16. The minimum Gasteiger partial charge on any atom is -0.494 e. The van der Waals surface area contributed by atoms with Gasteiger partial charge in [0, 0.05) is 48.1 Å². The number of halogens is 1. The molecule has 4 rings (SSSR count). The fraction of sp³-hybridized carbons (Fsp3) is 0.233. The number of para-hydroxylation sites is 2. The van der Waals surface area contributed by atoms with Gasteiger partial charge in [0.15, 0.2) is 0 Å². The van der Waals surface area contributed by atoms with Crippen LogP contribution in [-0.2, 0) is 19.6 Å². The second-order valence-corrected chi connectivity index (χ2v) is 8.62. The van der Waals surface area contributed by atoms with Gasteiger partial charge in [0.25, 0.3) is 0 Å². The Labute approximate surface area is 213 Å². The number of pyridine rings is 1. The molecule has 0 bridgehead atoms. The summed E-state index contributed by atoms with van der Waals surface area (Å²) in [5.74, 6) is 1.81. The van der Waals surface area contributed by atoms with Crippen molar-refractivity contribution in [1.29, 1.82) is 0 Å². The quantitative estimate of drug-likeness (QED) is 0.207.